The van der Waals surface area contributed by atoms with Gasteiger partial charge in [0.25, 0.3) is 5.91 Å². The molecule has 0 bridgehead atoms. The fourth-order valence-corrected chi connectivity index (χ4v) is 3.75. The van der Waals surface area contributed by atoms with E-state index in [0.29, 0.717) is 18.4 Å². The van der Waals surface area contributed by atoms with Crippen molar-refractivity contribution in [3.05, 3.63) is 11.8 Å². The van der Waals surface area contributed by atoms with Crippen molar-refractivity contribution in [1.82, 2.24) is 4.90 Å². The van der Waals surface area contributed by atoms with E-state index in [9.17, 15) is 4.79 Å². The Kier molecular flexibility index (Phi) is 7.96. The van der Waals surface area contributed by atoms with Gasteiger partial charge in [0.1, 0.15) is 0 Å². The SMILES string of the molecule is CN(C(=O)C1=C[C@@H](C(C)(C)C)C[C@@H](OCCCCO)O1)C1CCCCC1. The summed E-state index contributed by atoms with van der Waals surface area (Å²) in [4.78, 5) is 14.9. The van der Waals surface area contributed by atoms with E-state index in [4.69, 9.17) is 14.6 Å². The molecule has 1 saturated carbocycles. The number of nitrogens with zero attached hydrogens (tertiary/aromatic N) is 1. The Labute approximate surface area is 158 Å². The Balaban J connectivity index is 2.04. The summed E-state index contributed by atoms with van der Waals surface area (Å²) >= 11 is 0. The van der Waals surface area contributed by atoms with Crippen molar-refractivity contribution in [3.8, 4) is 0 Å². The van der Waals surface area contributed by atoms with Crippen molar-refractivity contribution < 1.29 is 19.4 Å². The van der Waals surface area contributed by atoms with E-state index in [-0.39, 0.29) is 30.1 Å². The summed E-state index contributed by atoms with van der Waals surface area (Å²) in [7, 11) is 1.90. The largest absolute Gasteiger partial charge is 0.459 e. The molecule has 0 aromatic heterocycles. The molecule has 0 aromatic carbocycles. The predicted octanol–water partition coefficient (Wildman–Crippen LogP) is 3.86. The van der Waals surface area contributed by atoms with Gasteiger partial charge in [-0.3, -0.25) is 4.79 Å². The van der Waals surface area contributed by atoms with Crippen LogP contribution >= 0.6 is 0 Å². The molecule has 150 valence electrons. The lowest BCUT2D eigenvalue weighted by molar-refractivity contribution is -0.159. The molecular weight excluding hydrogens is 330 g/mol. The fraction of sp³-hybridized carbons (Fsp3) is 0.857. The molecule has 1 heterocycles. The Morgan fingerprint density at radius 1 is 1.27 bits per heavy atom. The molecule has 0 radical (unpaired) electrons. The second-order valence-corrected chi connectivity index (χ2v) is 8.80. The van der Waals surface area contributed by atoms with Crippen LogP contribution in [0.15, 0.2) is 11.8 Å². The number of carbonyl (C=O) groups is 1. The average Bonchev–Trinajstić information content (AvgIpc) is 2.64. The maximum absolute atomic E-state index is 13.0. The Bertz CT molecular complexity index is 477. The van der Waals surface area contributed by atoms with Gasteiger partial charge in [0.15, 0.2) is 5.76 Å². The summed E-state index contributed by atoms with van der Waals surface area (Å²) in [5.41, 5.74) is 0.0471. The molecule has 26 heavy (non-hydrogen) atoms. The zero-order chi connectivity index (χ0) is 19.2. The zero-order valence-corrected chi connectivity index (χ0v) is 17.0. The van der Waals surface area contributed by atoms with Gasteiger partial charge in [0.05, 0.1) is 6.61 Å². The molecule has 1 N–H and O–H groups in total. The monoisotopic (exact) mass is 367 g/mol. The van der Waals surface area contributed by atoms with Crippen molar-refractivity contribution in [2.75, 3.05) is 20.3 Å². The van der Waals surface area contributed by atoms with Crippen LogP contribution in [0.2, 0.25) is 0 Å². The van der Waals surface area contributed by atoms with Crippen LogP contribution in [0, 0.1) is 11.3 Å². The third-order valence-corrected chi connectivity index (χ3v) is 5.68. The number of aliphatic hydroxyl groups excluding tert-OH is 1. The second-order valence-electron chi connectivity index (χ2n) is 8.80. The van der Waals surface area contributed by atoms with Crippen LogP contribution in [0.1, 0.15) is 72.1 Å². The minimum atomic E-state index is -0.387. The number of likely N-dealkylation sites (N-methyl/N-ethyl adjacent to an activating group) is 1. The second kappa shape index (κ2) is 9.75. The molecule has 1 fully saturated rings. The van der Waals surface area contributed by atoms with E-state index < -0.39 is 0 Å². The minimum Gasteiger partial charge on any atom is -0.459 e. The molecular formula is C21H37NO4. The highest BCUT2D eigenvalue weighted by atomic mass is 16.7. The van der Waals surface area contributed by atoms with Gasteiger partial charge in [-0.15, -0.1) is 0 Å². The Morgan fingerprint density at radius 2 is 1.96 bits per heavy atom. The van der Waals surface area contributed by atoms with Crippen LogP contribution in [0.3, 0.4) is 0 Å². The first-order valence-corrected chi connectivity index (χ1v) is 10.2. The summed E-state index contributed by atoms with van der Waals surface area (Å²) < 4.78 is 11.8. The molecule has 0 unspecified atom stereocenters. The third kappa shape index (κ3) is 5.98. The maximum Gasteiger partial charge on any atom is 0.288 e. The molecule has 1 aliphatic heterocycles. The lowest BCUT2D eigenvalue weighted by Gasteiger charge is -2.38. The highest BCUT2D eigenvalue weighted by molar-refractivity contribution is 5.91. The van der Waals surface area contributed by atoms with Crippen LogP contribution in [-0.2, 0) is 14.3 Å². The molecule has 5 nitrogen and oxygen atoms in total. The number of amides is 1. The van der Waals surface area contributed by atoms with E-state index in [0.717, 1.165) is 32.1 Å². The van der Waals surface area contributed by atoms with Gasteiger partial charge in [0.2, 0.25) is 6.29 Å². The van der Waals surface area contributed by atoms with Crippen molar-refractivity contribution in [3.63, 3.8) is 0 Å². The number of ether oxygens (including phenoxy) is 2. The number of carbonyl (C=O) groups excluding carboxylic acids is 1. The number of hydrogen-bond donors (Lipinski definition) is 1. The molecule has 1 amide bonds. The summed E-state index contributed by atoms with van der Waals surface area (Å²) in [6.45, 7) is 7.29. The summed E-state index contributed by atoms with van der Waals surface area (Å²) in [6, 6.07) is 0.319. The van der Waals surface area contributed by atoms with Gasteiger partial charge in [-0.05, 0) is 43.1 Å². The van der Waals surface area contributed by atoms with Crippen LogP contribution in [0.4, 0.5) is 0 Å². The van der Waals surface area contributed by atoms with E-state index in [2.05, 4.69) is 20.8 Å². The van der Waals surface area contributed by atoms with Crippen LogP contribution in [0.25, 0.3) is 0 Å². The van der Waals surface area contributed by atoms with E-state index in [1.165, 1.54) is 19.3 Å². The first kappa shape index (κ1) is 21.2. The molecule has 0 aromatic rings. The van der Waals surface area contributed by atoms with Crippen molar-refractivity contribution >= 4 is 5.91 Å². The van der Waals surface area contributed by atoms with Gasteiger partial charge in [-0.1, -0.05) is 40.0 Å². The smallest absolute Gasteiger partial charge is 0.288 e. The number of allylic oxidation sites excluding steroid dienone is 1. The first-order chi connectivity index (χ1) is 12.3. The summed E-state index contributed by atoms with van der Waals surface area (Å²) in [5, 5.41) is 8.91. The number of hydrogen-bond acceptors (Lipinski definition) is 4. The van der Waals surface area contributed by atoms with Crippen molar-refractivity contribution in [2.45, 2.75) is 84.5 Å². The highest BCUT2D eigenvalue weighted by Crippen LogP contribution is 2.37. The number of rotatable bonds is 7. The van der Waals surface area contributed by atoms with Crippen molar-refractivity contribution in [2.24, 2.45) is 11.3 Å². The molecule has 5 heteroatoms. The summed E-state index contributed by atoms with van der Waals surface area (Å²) in [5.74, 6) is 0.656. The highest BCUT2D eigenvalue weighted by Gasteiger charge is 2.36. The molecule has 1 aliphatic carbocycles. The maximum atomic E-state index is 13.0. The lowest BCUT2D eigenvalue weighted by atomic mass is 9.77. The zero-order valence-electron chi connectivity index (χ0n) is 17.0. The molecule has 2 rings (SSSR count). The minimum absolute atomic E-state index is 0.0187. The quantitative estimate of drug-likeness (QED) is 0.694. The van der Waals surface area contributed by atoms with E-state index in [1.54, 1.807) is 0 Å². The van der Waals surface area contributed by atoms with Crippen molar-refractivity contribution in [1.29, 1.82) is 0 Å². The fourth-order valence-electron chi connectivity index (χ4n) is 3.75. The predicted molar refractivity (Wildman–Crippen MR) is 102 cm³/mol. The lowest BCUT2D eigenvalue weighted by Crippen LogP contribution is -2.42. The Hall–Kier alpha value is -1.07. The summed E-state index contributed by atoms with van der Waals surface area (Å²) in [6.07, 6.45) is 9.73. The molecule has 0 saturated heterocycles. The third-order valence-electron chi connectivity index (χ3n) is 5.68. The van der Waals surface area contributed by atoms with E-state index >= 15 is 0 Å². The number of aliphatic hydroxyl groups is 1. The molecule has 0 spiro atoms. The van der Waals surface area contributed by atoms with Crippen LogP contribution in [-0.4, -0.2) is 48.5 Å². The van der Waals surface area contributed by atoms with E-state index in [1.807, 2.05) is 18.0 Å². The standard InChI is InChI=1S/C21H37NO4/c1-21(2,3)16-14-18(26-19(15-16)25-13-9-8-12-23)20(24)22(4)17-10-6-5-7-11-17/h14,16-17,19,23H,5-13,15H2,1-4H3/t16-,19+/m1/s1. The topological polar surface area (TPSA) is 59.0 Å². The first-order valence-electron chi connectivity index (χ1n) is 10.2. The number of unbranched alkanes of at least 4 members (excludes halogenated alkanes) is 1. The Morgan fingerprint density at radius 3 is 2.58 bits per heavy atom. The van der Waals surface area contributed by atoms with Gasteiger partial charge in [-0.25, -0.2) is 0 Å². The van der Waals surface area contributed by atoms with Gasteiger partial charge in [0, 0.05) is 26.1 Å². The average molecular weight is 368 g/mol. The van der Waals surface area contributed by atoms with Gasteiger partial charge >= 0.3 is 0 Å². The molecule has 2 atom stereocenters. The van der Waals surface area contributed by atoms with Gasteiger partial charge < -0.3 is 19.5 Å². The molecule has 2 aliphatic rings. The van der Waals surface area contributed by atoms with Crippen LogP contribution < -0.4 is 0 Å². The van der Waals surface area contributed by atoms with Crippen LogP contribution in [0.5, 0.6) is 0 Å². The van der Waals surface area contributed by atoms with Gasteiger partial charge in [-0.2, -0.15) is 0 Å². The normalized spacial score (nSPS) is 24.7.